The largest absolute Gasteiger partial charge is 0.389 e. The monoisotopic (exact) mass is 304 g/mol. The van der Waals surface area contributed by atoms with Gasteiger partial charge in [0.25, 0.3) is 5.91 Å². The number of nitrogens with two attached hydrogens (primary N) is 2. The van der Waals surface area contributed by atoms with Crippen LogP contribution in [-0.2, 0) is 12.8 Å². The van der Waals surface area contributed by atoms with E-state index >= 15 is 0 Å². The van der Waals surface area contributed by atoms with Crippen LogP contribution in [0.5, 0.6) is 0 Å². The summed E-state index contributed by atoms with van der Waals surface area (Å²) < 4.78 is 1.42. The molecular weight excluding hydrogens is 288 g/mol. The van der Waals surface area contributed by atoms with Gasteiger partial charge in [-0.15, -0.1) is 5.10 Å². The lowest BCUT2D eigenvalue weighted by atomic mass is 10.0. The van der Waals surface area contributed by atoms with Crippen molar-refractivity contribution >= 4 is 23.1 Å². The number of amides is 1. The summed E-state index contributed by atoms with van der Waals surface area (Å²) >= 11 is 5.15. The summed E-state index contributed by atoms with van der Waals surface area (Å²) in [4.78, 5) is 11.4. The number of rotatable bonds is 5. The van der Waals surface area contributed by atoms with Crippen LogP contribution >= 0.6 is 12.2 Å². The molecule has 0 atom stereocenters. The third-order valence-corrected chi connectivity index (χ3v) is 3.34. The quantitative estimate of drug-likeness (QED) is 0.779. The van der Waals surface area contributed by atoms with Crippen LogP contribution in [-0.4, -0.2) is 30.9 Å². The van der Waals surface area contributed by atoms with Crippen LogP contribution in [0.2, 0.25) is 0 Å². The van der Waals surface area contributed by atoms with Crippen molar-refractivity contribution < 1.29 is 4.79 Å². The average molecular weight is 304 g/mol. The smallest absolute Gasteiger partial charge is 0.269 e. The van der Waals surface area contributed by atoms with Crippen LogP contribution in [0.15, 0.2) is 12.3 Å². The van der Waals surface area contributed by atoms with Crippen LogP contribution in [0.4, 0.5) is 0 Å². The maximum Gasteiger partial charge on any atom is 0.269 e. The van der Waals surface area contributed by atoms with Crippen LogP contribution in [0.25, 0.3) is 5.82 Å². The van der Waals surface area contributed by atoms with Crippen LogP contribution in [0, 0.1) is 0 Å². The van der Waals surface area contributed by atoms with Gasteiger partial charge in [-0.25, -0.2) is 4.68 Å². The minimum Gasteiger partial charge on any atom is -0.389 e. The first-order valence-electron chi connectivity index (χ1n) is 6.53. The zero-order valence-electron chi connectivity index (χ0n) is 11.8. The van der Waals surface area contributed by atoms with Gasteiger partial charge in [0.05, 0.1) is 11.3 Å². The lowest BCUT2D eigenvalue weighted by Gasteiger charge is -2.14. The summed E-state index contributed by atoms with van der Waals surface area (Å²) in [6.45, 7) is 3.99. The number of hydrogen-bond acceptors (Lipinski definition) is 5. The van der Waals surface area contributed by atoms with Crippen molar-refractivity contribution in [2.45, 2.75) is 26.7 Å². The molecular formula is C13H16N6OS. The van der Waals surface area contributed by atoms with E-state index in [9.17, 15) is 4.79 Å². The number of primary amides is 1. The highest BCUT2D eigenvalue weighted by Gasteiger charge is 2.19. The Morgan fingerprint density at radius 3 is 2.48 bits per heavy atom. The van der Waals surface area contributed by atoms with E-state index in [1.54, 1.807) is 6.20 Å². The molecule has 0 aliphatic carbocycles. The van der Waals surface area contributed by atoms with Gasteiger partial charge in [-0.3, -0.25) is 4.79 Å². The van der Waals surface area contributed by atoms with Crippen molar-refractivity contribution in [3.8, 4) is 5.82 Å². The van der Waals surface area contributed by atoms with E-state index in [-0.39, 0.29) is 10.7 Å². The van der Waals surface area contributed by atoms with Crippen LogP contribution in [0.3, 0.4) is 0 Å². The number of thiocarbonyl (C=S) groups is 1. The van der Waals surface area contributed by atoms with Gasteiger partial charge in [-0.2, -0.15) is 10.2 Å². The molecule has 2 aromatic heterocycles. The summed E-state index contributed by atoms with van der Waals surface area (Å²) in [7, 11) is 0. The fraction of sp³-hybridized carbons (Fsp3) is 0.308. The number of nitrogens with zero attached hydrogens (tertiary/aromatic N) is 4. The van der Waals surface area contributed by atoms with Gasteiger partial charge in [-0.05, 0) is 24.5 Å². The molecule has 0 saturated heterocycles. The summed E-state index contributed by atoms with van der Waals surface area (Å²) in [5.41, 5.74) is 13.6. The van der Waals surface area contributed by atoms with E-state index < -0.39 is 5.91 Å². The molecule has 0 fully saturated rings. The van der Waals surface area contributed by atoms with Gasteiger partial charge in [0, 0.05) is 6.20 Å². The van der Waals surface area contributed by atoms with Crippen molar-refractivity contribution in [2.75, 3.05) is 0 Å². The molecule has 2 rings (SSSR count). The number of aromatic nitrogens is 4. The second-order valence-electron chi connectivity index (χ2n) is 4.41. The number of carbonyl (C=O) groups is 1. The maximum absolute atomic E-state index is 11.1. The number of carbonyl (C=O) groups excluding carboxylic acids is 1. The van der Waals surface area contributed by atoms with E-state index in [0.29, 0.717) is 11.4 Å². The van der Waals surface area contributed by atoms with E-state index in [2.05, 4.69) is 15.3 Å². The summed E-state index contributed by atoms with van der Waals surface area (Å²) in [5, 5.41) is 12.4. The van der Waals surface area contributed by atoms with E-state index in [4.69, 9.17) is 23.7 Å². The Morgan fingerprint density at radius 2 is 2.00 bits per heavy atom. The lowest BCUT2D eigenvalue weighted by molar-refractivity contribution is 0.0995. The zero-order valence-corrected chi connectivity index (χ0v) is 12.6. The minimum atomic E-state index is -0.612. The van der Waals surface area contributed by atoms with Crippen molar-refractivity contribution in [3.63, 3.8) is 0 Å². The first-order valence-corrected chi connectivity index (χ1v) is 6.94. The second kappa shape index (κ2) is 5.96. The van der Waals surface area contributed by atoms with Crippen molar-refractivity contribution in [2.24, 2.45) is 11.5 Å². The first kappa shape index (κ1) is 15.0. The van der Waals surface area contributed by atoms with Crippen LogP contribution < -0.4 is 11.5 Å². The molecule has 0 aliphatic heterocycles. The molecule has 7 nitrogen and oxygen atoms in total. The van der Waals surface area contributed by atoms with Gasteiger partial charge in [0.2, 0.25) is 0 Å². The number of hydrogen-bond donors (Lipinski definition) is 2. The molecule has 2 heterocycles. The Kier molecular flexibility index (Phi) is 4.27. The molecule has 0 aromatic carbocycles. The summed E-state index contributed by atoms with van der Waals surface area (Å²) in [6.07, 6.45) is 3.04. The molecule has 0 bridgehead atoms. The highest BCUT2D eigenvalue weighted by atomic mass is 32.1. The molecule has 110 valence electrons. The van der Waals surface area contributed by atoms with Gasteiger partial charge < -0.3 is 11.5 Å². The Labute approximate surface area is 127 Å². The Morgan fingerprint density at radius 1 is 1.29 bits per heavy atom. The Hall–Kier alpha value is -2.35. The molecule has 0 spiro atoms. The predicted molar refractivity (Wildman–Crippen MR) is 82.3 cm³/mol. The van der Waals surface area contributed by atoms with E-state index in [0.717, 1.165) is 24.1 Å². The van der Waals surface area contributed by atoms with E-state index in [1.165, 1.54) is 10.7 Å². The molecule has 21 heavy (non-hydrogen) atoms. The topological polar surface area (TPSA) is 113 Å². The minimum absolute atomic E-state index is 0.142. The Balaban J connectivity index is 2.67. The fourth-order valence-electron chi connectivity index (χ4n) is 2.15. The lowest BCUT2D eigenvalue weighted by Crippen LogP contribution is -2.21. The van der Waals surface area contributed by atoms with Gasteiger partial charge in [0.1, 0.15) is 10.7 Å². The average Bonchev–Trinajstić information content (AvgIpc) is 2.95. The molecule has 0 unspecified atom stereocenters. The summed E-state index contributed by atoms with van der Waals surface area (Å²) in [5.74, 6) is -0.205. The molecule has 4 N–H and O–H groups in total. The highest BCUT2D eigenvalue weighted by molar-refractivity contribution is 7.80. The molecule has 0 aliphatic rings. The normalized spacial score (nSPS) is 10.6. The number of aryl methyl sites for hydroxylation is 1. The molecule has 0 saturated carbocycles. The maximum atomic E-state index is 11.1. The molecule has 8 heteroatoms. The van der Waals surface area contributed by atoms with E-state index in [1.807, 2.05) is 13.8 Å². The molecule has 0 radical (unpaired) electrons. The van der Waals surface area contributed by atoms with Gasteiger partial charge >= 0.3 is 0 Å². The molecule has 2 aromatic rings. The fourth-order valence-corrected chi connectivity index (χ4v) is 2.37. The second-order valence-corrected chi connectivity index (χ2v) is 4.84. The third kappa shape index (κ3) is 2.75. The highest BCUT2D eigenvalue weighted by Crippen LogP contribution is 2.20. The summed E-state index contributed by atoms with van der Waals surface area (Å²) in [6, 6.07) is 1.51. The van der Waals surface area contributed by atoms with Crippen molar-refractivity contribution in [3.05, 3.63) is 34.8 Å². The van der Waals surface area contributed by atoms with Crippen molar-refractivity contribution in [1.29, 1.82) is 0 Å². The standard InChI is InChI=1S/C13H16N6OS/c1-3-7-8(4-2)16-17-13(10(7)12(15)21)19-6-5-9(18-19)11(14)20/h5-6H,3-4H2,1-2H3,(H2,14,20)(H2,15,21). The third-order valence-electron chi connectivity index (χ3n) is 3.13. The Bertz CT molecular complexity index is 709. The van der Waals surface area contributed by atoms with Crippen LogP contribution in [0.1, 0.15) is 41.2 Å². The van der Waals surface area contributed by atoms with Gasteiger partial charge in [-0.1, -0.05) is 26.1 Å². The first-order chi connectivity index (χ1) is 9.99. The SMILES string of the molecule is CCc1nnc(-n2ccc(C(N)=O)n2)c(C(N)=S)c1CC. The zero-order chi connectivity index (χ0) is 15.6. The predicted octanol–water partition coefficient (Wildman–Crippen LogP) is 0.520. The van der Waals surface area contributed by atoms with Crippen molar-refractivity contribution in [1.82, 2.24) is 20.0 Å². The molecule has 1 amide bonds. The van der Waals surface area contributed by atoms with Gasteiger partial charge in [0.15, 0.2) is 5.82 Å².